The summed E-state index contributed by atoms with van der Waals surface area (Å²) in [4.78, 5) is 13.6. The maximum absolute atomic E-state index is 5.78. The summed E-state index contributed by atoms with van der Waals surface area (Å²) in [6.07, 6.45) is 2.95. The fraction of sp³-hybridized carbons (Fsp3) is 0.500. The number of aromatic nitrogens is 2. The molecule has 5 nitrogen and oxygen atoms in total. The molecule has 2 aliphatic heterocycles. The molecule has 2 aromatic rings. The van der Waals surface area contributed by atoms with Gasteiger partial charge in [-0.05, 0) is 28.4 Å². The molecule has 6 heteroatoms. The molecule has 0 radical (unpaired) electrons. The molecule has 0 N–H and O–H groups in total. The number of hydrogen-bond acceptors (Lipinski definition) is 5. The van der Waals surface area contributed by atoms with E-state index >= 15 is 0 Å². The van der Waals surface area contributed by atoms with Crippen LogP contribution in [-0.4, -0.2) is 47.1 Å². The lowest BCUT2D eigenvalue weighted by Crippen LogP contribution is -2.46. The van der Waals surface area contributed by atoms with E-state index in [4.69, 9.17) is 4.42 Å². The predicted octanol–water partition coefficient (Wildman–Crippen LogP) is 1.88. The van der Waals surface area contributed by atoms with Gasteiger partial charge in [-0.1, -0.05) is 0 Å². The average molecular weight is 309 g/mol. The highest BCUT2D eigenvalue weighted by molar-refractivity contribution is 9.10. The van der Waals surface area contributed by atoms with Crippen molar-refractivity contribution in [1.82, 2.24) is 14.9 Å². The Morgan fingerprint density at radius 2 is 2.28 bits per heavy atom. The highest BCUT2D eigenvalue weighted by Crippen LogP contribution is 2.29. The Balaban J connectivity index is 1.73. The van der Waals surface area contributed by atoms with Crippen LogP contribution in [0.2, 0.25) is 0 Å². The Hall–Kier alpha value is -1.14. The Morgan fingerprint density at radius 3 is 3.22 bits per heavy atom. The minimum Gasteiger partial charge on any atom is -0.404 e. The van der Waals surface area contributed by atoms with Crippen LogP contribution in [0.3, 0.4) is 0 Å². The highest BCUT2D eigenvalue weighted by atomic mass is 79.9. The molecule has 4 heterocycles. The highest BCUT2D eigenvalue weighted by Gasteiger charge is 2.34. The summed E-state index contributed by atoms with van der Waals surface area (Å²) < 4.78 is 6.71. The molecule has 18 heavy (non-hydrogen) atoms. The molecule has 2 unspecified atom stereocenters. The molecule has 0 aromatic carbocycles. The fourth-order valence-electron chi connectivity index (χ4n) is 2.86. The topological polar surface area (TPSA) is 45.4 Å². The van der Waals surface area contributed by atoms with E-state index in [1.165, 1.54) is 13.0 Å². The third-order valence-electron chi connectivity index (χ3n) is 3.79. The van der Waals surface area contributed by atoms with E-state index in [2.05, 4.69) is 35.7 Å². The van der Waals surface area contributed by atoms with Gasteiger partial charge in [-0.15, -0.1) is 0 Å². The number of piperazine rings is 1. The van der Waals surface area contributed by atoms with Crippen LogP contribution < -0.4 is 4.90 Å². The summed E-state index contributed by atoms with van der Waals surface area (Å²) in [5, 5.41) is 0. The molecule has 4 rings (SSSR count). The van der Waals surface area contributed by atoms with Crippen LogP contribution in [0.5, 0.6) is 0 Å². The molecule has 0 saturated carbocycles. The maximum Gasteiger partial charge on any atom is 0.300 e. The molecule has 2 aromatic heterocycles. The molecule has 0 amide bonds. The van der Waals surface area contributed by atoms with Gasteiger partial charge in [-0.25, -0.2) is 4.98 Å². The van der Waals surface area contributed by atoms with Crippen LogP contribution >= 0.6 is 15.9 Å². The number of rotatable bonds is 1. The standard InChI is InChI=1S/C12H13BrN4O/c13-8-5-10-11(14-6-8)18-12(15-10)17-4-3-16-2-1-9(17)7-16/h5-6,9H,1-4,7H2. The summed E-state index contributed by atoms with van der Waals surface area (Å²) in [5.41, 5.74) is 1.44. The first-order valence-electron chi connectivity index (χ1n) is 6.21. The van der Waals surface area contributed by atoms with Crippen LogP contribution in [0.1, 0.15) is 6.42 Å². The van der Waals surface area contributed by atoms with E-state index in [0.29, 0.717) is 11.8 Å². The summed E-state index contributed by atoms with van der Waals surface area (Å²) in [6.45, 7) is 4.44. The van der Waals surface area contributed by atoms with Crippen molar-refractivity contribution in [3.8, 4) is 0 Å². The number of oxazole rings is 1. The van der Waals surface area contributed by atoms with Crippen molar-refractivity contribution in [2.45, 2.75) is 12.5 Å². The van der Waals surface area contributed by atoms with Crippen LogP contribution in [0.25, 0.3) is 11.2 Å². The van der Waals surface area contributed by atoms with Crippen molar-refractivity contribution in [2.75, 3.05) is 31.1 Å². The van der Waals surface area contributed by atoms with Gasteiger partial charge in [0, 0.05) is 42.9 Å². The Labute approximate surface area is 113 Å². The number of halogens is 1. The zero-order valence-corrected chi connectivity index (χ0v) is 11.4. The first-order valence-corrected chi connectivity index (χ1v) is 7.00. The van der Waals surface area contributed by atoms with Gasteiger partial charge >= 0.3 is 0 Å². The van der Waals surface area contributed by atoms with Gasteiger partial charge in [-0.3, -0.25) is 4.90 Å². The van der Waals surface area contributed by atoms with Crippen molar-refractivity contribution in [1.29, 1.82) is 0 Å². The van der Waals surface area contributed by atoms with Gasteiger partial charge < -0.3 is 9.32 Å². The van der Waals surface area contributed by atoms with Crippen molar-refractivity contribution in [3.63, 3.8) is 0 Å². The number of anilines is 1. The normalized spacial score (nSPS) is 27.1. The minimum absolute atomic E-state index is 0.551. The van der Waals surface area contributed by atoms with Crippen molar-refractivity contribution in [2.24, 2.45) is 0 Å². The van der Waals surface area contributed by atoms with E-state index in [1.54, 1.807) is 6.20 Å². The predicted molar refractivity (Wildman–Crippen MR) is 71.7 cm³/mol. The van der Waals surface area contributed by atoms with Gasteiger partial charge in [0.2, 0.25) is 5.71 Å². The summed E-state index contributed by atoms with van der Waals surface area (Å²) in [6, 6.07) is 3.22. The molecule has 2 atom stereocenters. The zero-order chi connectivity index (χ0) is 12.1. The molecule has 2 aliphatic rings. The third-order valence-corrected chi connectivity index (χ3v) is 4.23. The molecule has 2 fully saturated rings. The smallest absolute Gasteiger partial charge is 0.300 e. The Morgan fingerprint density at radius 1 is 1.33 bits per heavy atom. The van der Waals surface area contributed by atoms with Gasteiger partial charge in [0.1, 0.15) is 5.52 Å². The molecule has 0 aliphatic carbocycles. The number of hydrogen-bond donors (Lipinski definition) is 0. The second kappa shape index (κ2) is 3.93. The summed E-state index contributed by atoms with van der Waals surface area (Å²) in [5.74, 6) is 0. The lowest BCUT2D eigenvalue weighted by molar-refractivity contribution is 0.304. The Bertz CT molecular complexity index is 599. The van der Waals surface area contributed by atoms with Crippen LogP contribution in [-0.2, 0) is 0 Å². The van der Waals surface area contributed by atoms with Crippen molar-refractivity contribution >= 4 is 33.2 Å². The second-order valence-electron chi connectivity index (χ2n) is 4.91. The second-order valence-corrected chi connectivity index (χ2v) is 5.83. The van der Waals surface area contributed by atoms with E-state index in [0.717, 1.165) is 35.6 Å². The number of pyridine rings is 1. The lowest BCUT2D eigenvalue weighted by atomic mass is 10.2. The van der Waals surface area contributed by atoms with Crippen molar-refractivity contribution < 1.29 is 4.42 Å². The summed E-state index contributed by atoms with van der Waals surface area (Å²) in [7, 11) is 0. The van der Waals surface area contributed by atoms with Gasteiger partial charge in [0.25, 0.3) is 6.01 Å². The molecule has 94 valence electrons. The van der Waals surface area contributed by atoms with Gasteiger partial charge in [0.15, 0.2) is 0 Å². The average Bonchev–Trinajstić information content (AvgIpc) is 2.94. The van der Waals surface area contributed by atoms with Gasteiger partial charge in [0.05, 0.1) is 0 Å². The molecular weight excluding hydrogens is 296 g/mol. The van der Waals surface area contributed by atoms with E-state index < -0.39 is 0 Å². The number of nitrogens with zero attached hydrogens (tertiary/aromatic N) is 4. The maximum atomic E-state index is 5.78. The van der Waals surface area contributed by atoms with Crippen LogP contribution in [0, 0.1) is 0 Å². The largest absolute Gasteiger partial charge is 0.404 e. The van der Waals surface area contributed by atoms with E-state index in [1.807, 2.05) is 6.07 Å². The fourth-order valence-corrected chi connectivity index (χ4v) is 3.18. The zero-order valence-electron chi connectivity index (χ0n) is 9.84. The van der Waals surface area contributed by atoms with E-state index in [-0.39, 0.29) is 0 Å². The van der Waals surface area contributed by atoms with Crippen LogP contribution in [0.4, 0.5) is 6.01 Å². The first-order chi connectivity index (χ1) is 8.79. The molecule has 2 bridgehead atoms. The van der Waals surface area contributed by atoms with E-state index in [9.17, 15) is 0 Å². The SMILES string of the molecule is Brc1cnc2oc(N3CCN4CCC3C4)nc2c1. The van der Waals surface area contributed by atoms with Crippen molar-refractivity contribution in [3.05, 3.63) is 16.7 Å². The Kier molecular flexibility index (Phi) is 2.35. The molecule has 0 spiro atoms. The monoisotopic (exact) mass is 308 g/mol. The molecular formula is C12H13BrN4O. The van der Waals surface area contributed by atoms with Crippen LogP contribution in [0.15, 0.2) is 21.2 Å². The van der Waals surface area contributed by atoms with Gasteiger partial charge in [-0.2, -0.15) is 4.98 Å². The number of fused-ring (bicyclic) bond motifs is 3. The first kappa shape index (κ1) is 10.8. The lowest BCUT2D eigenvalue weighted by Gasteiger charge is -2.32. The molecule has 2 saturated heterocycles. The summed E-state index contributed by atoms with van der Waals surface area (Å²) >= 11 is 3.41. The minimum atomic E-state index is 0.551. The quantitative estimate of drug-likeness (QED) is 0.805. The third kappa shape index (κ3) is 1.63.